The highest BCUT2D eigenvalue weighted by atomic mass is 32.2. The number of aryl methyl sites for hydroxylation is 1. The predicted molar refractivity (Wildman–Crippen MR) is 76.8 cm³/mol. The maximum Gasteiger partial charge on any atom is 0.229 e. The van der Waals surface area contributed by atoms with Crippen LogP contribution in [0.3, 0.4) is 0 Å². The fourth-order valence-electron chi connectivity index (χ4n) is 1.47. The molecule has 0 aliphatic heterocycles. The average Bonchev–Trinajstić information content (AvgIpc) is 2.29. The van der Waals surface area contributed by atoms with Crippen LogP contribution in [0.2, 0.25) is 0 Å². The molecule has 7 heteroatoms. The van der Waals surface area contributed by atoms with E-state index in [1.165, 1.54) is 0 Å². The molecule has 0 aliphatic carbocycles. The number of benzene rings is 1. The first-order valence-electron chi connectivity index (χ1n) is 5.84. The van der Waals surface area contributed by atoms with Crippen LogP contribution in [0.4, 0.5) is 11.4 Å². The third-order valence-electron chi connectivity index (χ3n) is 2.42. The topological polar surface area (TPSA) is 87.3 Å². The van der Waals surface area contributed by atoms with Gasteiger partial charge in [0.05, 0.1) is 11.9 Å². The van der Waals surface area contributed by atoms with Gasteiger partial charge in [-0.3, -0.25) is 9.52 Å². The molecule has 6 nitrogen and oxygen atoms in total. The van der Waals surface area contributed by atoms with Crippen molar-refractivity contribution in [3.63, 3.8) is 0 Å². The van der Waals surface area contributed by atoms with Crippen molar-refractivity contribution in [1.82, 2.24) is 5.32 Å². The fraction of sp³-hybridized carbons (Fsp3) is 0.417. The SMILES string of the molecule is CNCCC(=O)Nc1ccc(C)c(NS(C)(=O)=O)c1. The molecule has 0 saturated carbocycles. The number of nitrogens with one attached hydrogen (secondary N) is 3. The van der Waals surface area contributed by atoms with Gasteiger partial charge in [0.1, 0.15) is 0 Å². The zero-order valence-corrected chi connectivity index (χ0v) is 12.1. The van der Waals surface area contributed by atoms with Gasteiger partial charge in [0, 0.05) is 18.7 Å². The molecular weight excluding hydrogens is 266 g/mol. The number of hydrogen-bond donors (Lipinski definition) is 3. The second-order valence-electron chi connectivity index (χ2n) is 4.31. The standard InChI is InChI=1S/C12H19N3O3S/c1-9-4-5-10(14-12(16)6-7-13-2)8-11(9)15-19(3,17)18/h4-5,8,13,15H,6-7H2,1-3H3,(H,14,16). The van der Waals surface area contributed by atoms with E-state index >= 15 is 0 Å². The van der Waals surface area contributed by atoms with E-state index in [-0.39, 0.29) is 5.91 Å². The lowest BCUT2D eigenvalue weighted by Crippen LogP contribution is -2.19. The van der Waals surface area contributed by atoms with Crippen LogP contribution in [0.1, 0.15) is 12.0 Å². The van der Waals surface area contributed by atoms with Crippen LogP contribution in [-0.2, 0) is 14.8 Å². The first kappa shape index (κ1) is 15.5. The van der Waals surface area contributed by atoms with E-state index in [1.54, 1.807) is 32.2 Å². The normalized spacial score (nSPS) is 11.1. The summed E-state index contributed by atoms with van der Waals surface area (Å²) < 4.78 is 24.9. The summed E-state index contributed by atoms with van der Waals surface area (Å²) in [5, 5.41) is 5.60. The molecule has 1 rings (SSSR count). The lowest BCUT2D eigenvalue weighted by molar-refractivity contribution is -0.116. The van der Waals surface area contributed by atoms with Crippen molar-refractivity contribution in [3.8, 4) is 0 Å². The minimum atomic E-state index is -3.33. The van der Waals surface area contributed by atoms with Crippen LogP contribution < -0.4 is 15.4 Å². The van der Waals surface area contributed by atoms with Gasteiger partial charge in [-0.15, -0.1) is 0 Å². The number of amides is 1. The van der Waals surface area contributed by atoms with Crippen molar-refractivity contribution in [2.75, 3.05) is 29.9 Å². The van der Waals surface area contributed by atoms with E-state index in [9.17, 15) is 13.2 Å². The zero-order valence-electron chi connectivity index (χ0n) is 11.3. The molecule has 0 unspecified atom stereocenters. The summed E-state index contributed by atoms with van der Waals surface area (Å²) in [5.41, 5.74) is 1.82. The predicted octanol–water partition coefficient (Wildman–Crippen LogP) is 0.915. The first-order chi connectivity index (χ1) is 8.81. The molecular formula is C12H19N3O3S. The molecule has 0 aliphatic rings. The number of sulfonamides is 1. The summed E-state index contributed by atoms with van der Waals surface area (Å²) in [6.07, 6.45) is 1.45. The molecule has 1 amide bonds. The van der Waals surface area contributed by atoms with Gasteiger partial charge < -0.3 is 10.6 Å². The molecule has 106 valence electrons. The van der Waals surface area contributed by atoms with E-state index < -0.39 is 10.0 Å². The summed E-state index contributed by atoms with van der Waals surface area (Å²) in [5.74, 6) is -0.122. The Labute approximate surface area is 113 Å². The van der Waals surface area contributed by atoms with Crippen molar-refractivity contribution in [2.45, 2.75) is 13.3 Å². The molecule has 3 N–H and O–H groups in total. The molecule has 0 atom stereocenters. The Bertz CT molecular complexity index is 555. The van der Waals surface area contributed by atoms with Crippen molar-refractivity contribution >= 4 is 27.3 Å². The summed E-state index contributed by atoms with van der Waals surface area (Å²) in [6.45, 7) is 2.38. The summed E-state index contributed by atoms with van der Waals surface area (Å²) in [6, 6.07) is 5.09. The lowest BCUT2D eigenvalue weighted by atomic mass is 10.2. The van der Waals surface area contributed by atoms with Gasteiger partial charge in [0.2, 0.25) is 15.9 Å². The smallest absolute Gasteiger partial charge is 0.229 e. The Morgan fingerprint density at radius 2 is 2.00 bits per heavy atom. The Kier molecular flexibility index (Phi) is 5.31. The highest BCUT2D eigenvalue weighted by Crippen LogP contribution is 2.21. The van der Waals surface area contributed by atoms with Gasteiger partial charge in [-0.2, -0.15) is 0 Å². The van der Waals surface area contributed by atoms with Crippen LogP contribution >= 0.6 is 0 Å². The quantitative estimate of drug-likeness (QED) is 0.725. The van der Waals surface area contributed by atoms with Gasteiger partial charge in [-0.05, 0) is 31.7 Å². The Morgan fingerprint density at radius 3 is 2.58 bits per heavy atom. The van der Waals surface area contributed by atoms with E-state index in [4.69, 9.17) is 0 Å². The Balaban J connectivity index is 2.81. The molecule has 1 aromatic rings. The molecule has 0 aromatic heterocycles. The monoisotopic (exact) mass is 285 g/mol. The Morgan fingerprint density at radius 1 is 1.32 bits per heavy atom. The van der Waals surface area contributed by atoms with Gasteiger partial charge in [0.15, 0.2) is 0 Å². The Hall–Kier alpha value is -1.60. The minimum Gasteiger partial charge on any atom is -0.326 e. The van der Waals surface area contributed by atoms with Gasteiger partial charge in [-0.1, -0.05) is 6.07 Å². The molecule has 0 radical (unpaired) electrons. The summed E-state index contributed by atoms with van der Waals surface area (Å²) in [7, 11) is -1.56. The second kappa shape index (κ2) is 6.53. The van der Waals surface area contributed by atoms with E-state index in [0.717, 1.165) is 11.8 Å². The molecule has 0 fully saturated rings. The maximum atomic E-state index is 11.6. The number of rotatable bonds is 6. The number of carbonyl (C=O) groups excluding carboxylic acids is 1. The molecule has 0 bridgehead atoms. The third kappa shape index (κ3) is 5.71. The van der Waals surface area contributed by atoms with Crippen LogP contribution in [0.15, 0.2) is 18.2 Å². The molecule has 0 spiro atoms. The average molecular weight is 285 g/mol. The first-order valence-corrected chi connectivity index (χ1v) is 7.74. The second-order valence-corrected chi connectivity index (χ2v) is 6.05. The van der Waals surface area contributed by atoms with E-state index in [1.807, 2.05) is 0 Å². The number of hydrogen-bond acceptors (Lipinski definition) is 4. The summed E-state index contributed by atoms with van der Waals surface area (Å²) in [4.78, 5) is 11.6. The highest BCUT2D eigenvalue weighted by Gasteiger charge is 2.07. The number of anilines is 2. The van der Waals surface area contributed by atoms with Crippen molar-refractivity contribution in [1.29, 1.82) is 0 Å². The molecule has 0 saturated heterocycles. The zero-order chi connectivity index (χ0) is 14.5. The largest absolute Gasteiger partial charge is 0.326 e. The van der Waals surface area contributed by atoms with E-state index in [0.29, 0.717) is 24.3 Å². The maximum absolute atomic E-state index is 11.6. The molecule has 19 heavy (non-hydrogen) atoms. The van der Waals surface area contributed by atoms with Gasteiger partial charge >= 0.3 is 0 Å². The third-order valence-corrected chi connectivity index (χ3v) is 3.01. The van der Waals surface area contributed by atoms with Crippen molar-refractivity contribution in [3.05, 3.63) is 23.8 Å². The van der Waals surface area contributed by atoms with E-state index in [2.05, 4.69) is 15.4 Å². The summed E-state index contributed by atoms with van der Waals surface area (Å²) >= 11 is 0. The highest BCUT2D eigenvalue weighted by molar-refractivity contribution is 7.92. The van der Waals surface area contributed by atoms with Crippen molar-refractivity contribution in [2.24, 2.45) is 0 Å². The fourth-order valence-corrected chi connectivity index (χ4v) is 2.09. The van der Waals surface area contributed by atoms with Crippen LogP contribution in [0.5, 0.6) is 0 Å². The van der Waals surface area contributed by atoms with Crippen LogP contribution in [0.25, 0.3) is 0 Å². The minimum absolute atomic E-state index is 0.122. The number of carbonyl (C=O) groups is 1. The lowest BCUT2D eigenvalue weighted by Gasteiger charge is -2.11. The van der Waals surface area contributed by atoms with Crippen molar-refractivity contribution < 1.29 is 13.2 Å². The molecule has 0 heterocycles. The van der Waals surface area contributed by atoms with Gasteiger partial charge in [-0.25, -0.2) is 8.42 Å². The van der Waals surface area contributed by atoms with Crippen LogP contribution in [-0.4, -0.2) is 34.2 Å². The molecule has 1 aromatic carbocycles. The van der Waals surface area contributed by atoms with Crippen LogP contribution in [0, 0.1) is 6.92 Å². The van der Waals surface area contributed by atoms with Gasteiger partial charge in [0.25, 0.3) is 0 Å².